The fraction of sp³-hybridized carbons (Fsp3) is 0.333. The van der Waals surface area contributed by atoms with Gasteiger partial charge in [-0.3, -0.25) is 9.80 Å². The van der Waals surface area contributed by atoms with Gasteiger partial charge in [-0.25, -0.2) is 9.80 Å². The number of nitrogens with zero attached hydrogens (tertiary/aromatic N) is 2. The molecule has 0 saturated carbocycles. The lowest BCUT2D eigenvalue weighted by Crippen LogP contribution is -2.50. The Hall–Kier alpha value is -2.09. The molecule has 0 bridgehead atoms. The third-order valence-electron chi connectivity index (χ3n) is 5.19. The van der Waals surface area contributed by atoms with Crippen LogP contribution in [0.3, 0.4) is 0 Å². The summed E-state index contributed by atoms with van der Waals surface area (Å²) in [7, 11) is 0. The van der Waals surface area contributed by atoms with Crippen LogP contribution in [0.2, 0.25) is 0 Å². The molecule has 3 aromatic rings. The van der Waals surface area contributed by atoms with Gasteiger partial charge in [0.05, 0.1) is 0 Å². The molecule has 0 aliphatic carbocycles. The zero-order chi connectivity index (χ0) is 23.0. The number of thiophene rings is 3. The van der Waals surface area contributed by atoms with Gasteiger partial charge in [-0.15, -0.1) is 22.7 Å². The summed E-state index contributed by atoms with van der Waals surface area (Å²) in [6.45, 7) is 2.30. The Morgan fingerprint density at radius 2 is 1.91 bits per heavy atom. The van der Waals surface area contributed by atoms with E-state index in [-0.39, 0.29) is 5.24 Å². The third-order valence-corrected chi connectivity index (χ3v) is 8.84. The summed E-state index contributed by atoms with van der Waals surface area (Å²) in [6, 6.07) is 7.70. The number of rotatable bonds is 9. The smallest absolute Gasteiger partial charge is 0.345 e. The first-order valence-corrected chi connectivity index (χ1v) is 14.3. The number of hydrazine groups is 1. The van der Waals surface area contributed by atoms with Crippen molar-refractivity contribution in [3.63, 3.8) is 0 Å². The van der Waals surface area contributed by atoms with E-state index in [4.69, 9.17) is 5.11 Å². The highest BCUT2D eigenvalue weighted by Gasteiger charge is 2.26. The van der Waals surface area contributed by atoms with Gasteiger partial charge in [0, 0.05) is 63.4 Å². The lowest BCUT2D eigenvalue weighted by atomic mass is 10.2. The van der Waals surface area contributed by atoms with Gasteiger partial charge in [-0.2, -0.15) is 11.3 Å². The lowest BCUT2D eigenvalue weighted by molar-refractivity contribution is 0.0271. The number of hydrogen-bond acceptors (Lipinski definition) is 7. The SMILES string of the molecule is O=C(O)c1ccc(CCN2C(=O)SCCN2CCCCc2cc(C#Cc3ccsc3)cs2)s1. The van der Waals surface area contributed by atoms with Crippen LogP contribution in [0.15, 0.2) is 40.4 Å². The Bertz CT molecular complexity index is 1140. The number of hydrogen-bond donors (Lipinski definition) is 1. The maximum Gasteiger partial charge on any atom is 0.345 e. The predicted molar refractivity (Wildman–Crippen MR) is 139 cm³/mol. The van der Waals surface area contributed by atoms with E-state index in [1.54, 1.807) is 28.7 Å². The van der Waals surface area contributed by atoms with Crippen LogP contribution in [0, 0.1) is 11.8 Å². The van der Waals surface area contributed by atoms with Crippen molar-refractivity contribution in [2.45, 2.75) is 25.7 Å². The van der Waals surface area contributed by atoms with Crippen LogP contribution in [-0.2, 0) is 12.8 Å². The molecular weight excluding hydrogens is 493 g/mol. The van der Waals surface area contributed by atoms with Crippen LogP contribution < -0.4 is 0 Å². The second-order valence-corrected chi connectivity index (χ2v) is 11.5. The quantitative estimate of drug-likeness (QED) is 0.283. The summed E-state index contributed by atoms with van der Waals surface area (Å²) >= 11 is 6.07. The van der Waals surface area contributed by atoms with Gasteiger partial charge >= 0.3 is 5.97 Å². The van der Waals surface area contributed by atoms with Crippen molar-refractivity contribution in [2.24, 2.45) is 0 Å². The molecule has 33 heavy (non-hydrogen) atoms. The van der Waals surface area contributed by atoms with Gasteiger partial charge < -0.3 is 5.11 Å². The van der Waals surface area contributed by atoms with E-state index in [2.05, 4.69) is 33.7 Å². The molecule has 4 heterocycles. The molecule has 0 unspecified atom stereocenters. The van der Waals surface area contributed by atoms with Crippen molar-refractivity contribution in [1.29, 1.82) is 0 Å². The molecule has 1 aliphatic rings. The van der Waals surface area contributed by atoms with Crippen LogP contribution in [0.5, 0.6) is 0 Å². The minimum atomic E-state index is -0.898. The summed E-state index contributed by atoms with van der Waals surface area (Å²) in [5, 5.41) is 19.4. The number of carboxylic acids is 1. The van der Waals surface area contributed by atoms with E-state index < -0.39 is 5.97 Å². The first kappa shape index (κ1) is 24.0. The van der Waals surface area contributed by atoms with Gasteiger partial charge in [-0.1, -0.05) is 23.6 Å². The molecule has 0 spiro atoms. The Morgan fingerprint density at radius 3 is 2.70 bits per heavy atom. The second kappa shape index (κ2) is 11.9. The van der Waals surface area contributed by atoms with Crippen LogP contribution in [0.1, 0.15) is 43.4 Å². The number of aromatic carboxylic acids is 1. The largest absolute Gasteiger partial charge is 0.477 e. The van der Waals surface area contributed by atoms with Gasteiger partial charge in [0.15, 0.2) is 0 Å². The average molecular weight is 517 g/mol. The van der Waals surface area contributed by atoms with Crippen LogP contribution in [-0.4, -0.2) is 51.7 Å². The summed E-state index contributed by atoms with van der Waals surface area (Å²) in [5.41, 5.74) is 2.14. The number of carboxylic acid groups (broad SMARTS) is 1. The van der Waals surface area contributed by atoms with E-state index in [0.717, 1.165) is 54.1 Å². The number of carbonyl (C=O) groups excluding carboxylic acids is 1. The average Bonchev–Trinajstić information content (AvgIpc) is 3.57. The molecular formula is C24H24N2O3S4. The summed E-state index contributed by atoms with van der Waals surface area (Å²) in [5.74, 6) is 6.35. The molecule has 1 amide bonds. The molecule has 1 aliphatic heterocycles. The molecule has 4 rings (SSSR count). The molecule has 5 nitrogen and oxygen atoms in total. The Labute approximate surface area is 210 Å². The van der Waals surface area contributed by atoms with E-state index in [1.165, 1.54) is 28.0 Å². The van der Waals surface area contributed by atoms with E-state index in [0.29, 0.717) is 17.8 Å². The molecule has 9 heteroatoms. The lowest BCUT2D eigenvalue weighted by Gasteiger charge is -2.38. The normalized spacial score (nSPS) is 14.3. The van der Waals surface area contributed by atoms with Crippen molar-refractivity contribution >= 4 is 57.0 Å². The molecule has 1 fully saturated rings. The zero-order valence-corrected chi connectivity index (χ0v) is 21.3. The topological polar surface area (TPSA) is 60.9 Å². The maximum atomic E-state index is 12.5. The first-order chi connectivity index (χ1) is 16.1. The van der Waals surface area contributed by atoms with Gasteiger partial charge in [-0.05, 0) is 48.9 Å². The molecule has 172 valence electrons. The summed E-state index contributed by atoms with van der Waals surface area (Å²) in [6.07, 6.45) is 3.78. The van der Waals surface area contributed by atoms with Gasteiger partial charge in [0.25, 0.3) is 5.24 Å². The minimum Gasteiger partial charge on any atom is -0.477 e. The summed E-state index contributed by atoms with van der Waals surface area (Å²) < 4.78 is 0. The van der Waals surface area contributed by atoms with Crippen molar-refractivity contribution < 1.29 is 14.7 Å². The van der Waals surface area contributed by atoms with E-state index in [1.807, 2.05) is 22.5 Å². The highest BCUT2D eigenvalue weighted by molar-refractivity contribution is 8.13. The van der Waals surface area contributed by atoms with Crippen LogP contribution >= 0.6 is 45.8 Å². The van der Waals surface area contributed by atoms with Gasteiger partial charge in [0.2, 0.25) is 0 Å². The number of amides is 1. The van der Waals surface area contributed by atoms with Crippen LogP contribution in [0.4, 0.5) is 4.79 Å². The zero-order valence-electron chi connectivity index (χ0n) is 18.0. The summed E-state index contributed by atoms with van der Waals surface area (Å²) in [4.78, 5) is 26.3. The van der Waals surface area contributed by atoms with E-state index in [9.17, 15) is 9.59 Å². The number of unbranched alkanes of at least 4 members (excludes halogenated alkanes) is 1. The van der Waals surface area contributed by atoms with Crippen molar-refractivity contribution in [3.8, 4) is 11.8 Å². The van der Waals surface area contributed by atoms with E-state index >= 15 is 0 Å². The highest BCUT2D eigenvalue weighted by Crippen LogP contribution is 2.23. The number of aryl methyl sites for hydroxylation is 1. The molecule has 0 atom stereocenters. The second-order valence-electron chi connectivity index (χ2n) is 7.53. The molecule has 1 N–H and O–H groups in total. The Kier molecular flexibility index (Phi) is 8.64. The molecule has 3 aromatic heterocycles. The Balaban J connectivity index is 1.23. The van der Waals surface area contributed by atoms with Crippen molar-refractivity contribution in [3.05, 3.63) is 66.2 Å². The first-order valence-electron chi connectivity index (χ1n) is 10.7. The van der Waals surface area contributed by atoms with Crippen molar-refractivity contribution in [2.75, 3.05) is 25.4 Å². The minimum absolute atomic E-state index is 0.0864. The number of carbonyl (C=O) groups is 2. The highest BCUT2D eigenvalue weighted by atomic mass is 32.2. The molecule has 0 radical (unpaired) electrons. The standard InChI is InChI=1S/C24H24N2O3S4/c27-23(28)22-7-6-20(33-22)8-11-26-24(29)31-14-12-25(26)10-2-1-3-21-15-19(17-32-21)5-4-18-9-13-30-16-18/h6-7,9,13,15-17H,1-3,8,10-12,14H2,(H,27,28). The predicted octanol–water partition coefficient (Wildman–Crippen LogP) is 5.92. The molecule has 1 saturated heterocycles. The fourth-order valence-corrected chi connectivity index (χ4v) is 6.63. The van der Waals surface area contributed by atoms with Crippen LogP contribution in [0.25, 0.3) is 0 Å². The van der Waals surface area contributed by atoms with Gasteiger partial charge in [0.1, 0.15) is 4.88 Å². The maximum absolute atomic E-state index is 12.5. The fourth-order valence-electron chi connectivity index (χ4n) is 3.51. The Morgan fingerprint density at radius 1 is 1.03 bits per heavy atom. The molecule has 0 aromatic carbocycles. The monoisotopic (exact) mass is 516 g/mol. The number of thioether (sulfide) groups is 1. The third kappa shape index (κ3) is 6.95. The van der Waals surface area contributed by atoms with Crippen molar-refractivity contribution in [1.82, 2.24) is 10.0 Å².